The minimum Gasteiger partial charge on any atom is -0.480 e. The summed E-state index contributed by atoms with van der Waals surface area (Å²) in [5.41, 5.74) is 10.5. The summed E-state index contributed by atoms with van der Waals surface area (Å²) < 4.78 is 13.3. The third-order valence-corrected chi connectivity index (χ3v) is 2.88. The Kier molecular flexibility index (Phi) is 4.60. The predicted octanol–water partition coefficient (Wildman–Crippen LogP) is -1.40. The van der Waals surface area contributed by atoms with Gasteiger partial charge in [-0.05, 0) is 12.8 Å². The van der Waals surface area contributed by atoms with E-state index in [0.717, 1.165) is 4.90 Å². The van der Waals surface area contributed by atoms with E-state index in [-0.39, 0.29) is 25.8 Å². The van der Waals surface area contributed by atoms with E-state index < -0.39 is 36.0 Å². The predicted molar refractivity (Wildman–Crippen MR) is 59.1 cm³/mol. The standard InChI is InChI=1S/C10H16FN3O4/c11-5-3-4-14(8(5)10(17)18)9(16)6(12)1-2-7(13)15/h5-6,8H,1-4,12H2,(H2,13,15)(H,17,18)/t5-,6-,8+/m0/s1. The second-order valence-electron chi connectivity index (χ2n) is 4.23. The van der Waals surface area contributed by atoms with E-state index in [4.69, 9.17) is 16.6 Å². The monoisotopic (exact) mass is 261 g/mol. The normalized spacial score (nSPS) is 24.9. The number of alkyl halides is 1. The Labute approximate surface area is 103 Å². The number of primary amides is 1. The molecule has 1 fully saturated rings. The summed E-state index contributed by atoms with van der Waals surface area (Å²) in [7, 11) is 0. The fourth-order valence-corrected chi connectivity index (χ4v) is 1.92. The van der Waals surface area contributed by atoms with Crippen molar-refractivity contribution >= 4 is 17.8 Å². The van der Waals surface area contributed by atoms with Crippen molar-refractivity contribution < 1.29 is 23.9 Å². The highest BCUT2D eigenvalue weighted by atomic mass is 19.1. The van der Waals surface area contributed by atoms with E-state index in [1.165, 1.54) is 0 Å². The van der Waals surface area contributed by atoms with Gasteiger partial charge in [-0.1, -0.05) is 0 Å². The number of carbonyl (C=O) groups excluding carboxylic acids is 2. The molecule has 5 N–H and O–H groups in total. The van der Waals surface area contributed by atoms with Crippen LogP contribution in [-0.4, -0.2) is 52.6 Å². The summed E-state index contributed by atoms with van der Waals surface area (Å²) in [5.74, 6) is -2.66. The fraction of sp³-hybridized carbons (Fsp3) is 0.700. The summed E-state index contributed by atoms with van der Waals surface area (Å²) in [4.78, 5) is 34.2. The second kappa shape index (κ2) is 5.76. The molecule has 1 aliphatic heterocycles. The molecule has 0 radical (unpaired) electrons. The van der Waals surface area contributed by atoms with Gasteiger partial charge in [-0.2, -0.15) is 0 Å². The zero-order chi connectivity index (χ0) is 13.9. The maximum atomic E-state index is 13.3. The van der Waals surface area contributed by atoms with E-state index in [1.54, 1.807) is 0 Å². The summed E-state index contributed by atoms with van der Waals surface area (Å²) in [6, 6.07) is -2.53. The lowest BCUT2D eigenvalue weighted by Crippen LogP contribution is -2.50. The van der Waals surface area contributed by atoms with Gasteiger partial charge in [-0.3, -0.25) is 9.59 Å². The van der Waals surface area contributed by atoms with Gasteiger partial charge in [0, 0.05) is 13.0 Å². The highest BCUT2D eigenvalue weighted by molar-refractivity contribution is 5.88. The van der Waals surface area contributed by atoms with Gasteiger partial charge in [0.05, 0.1) is 6.04 Å². The molecule has 0 unspecified atom stereocenters. The molecule has 8 heteroatoms. The van der Waals surface area contributed by atoms with Gasteiger partial charge in [0.1, 0.15) is 6.17 Å². The molecule has 1 heterocycles. The number of likely N-dealkylation sites (tertiary alicyclic amines) is 1. The van der Waals surface area contributed by atoms with Crippen LogP contribution in [0.5, 0.6) is 0 Å². The molecular formula is C10H16FN3O4. The number of carboxylic acids is 1. The van der Waals surface area contributed by atoms with Gasteiger partial charge < -0.3 is 21.5 Å². The van der Waals surface area contributed by atoms with Crippen LogP contribution in [0.15, 0.2) is 0 Å². The first-order valence-electron chi connectivity index (χ1n) is 5.55. The molecule has 0 aromatic carbocycles. The number of amides is 2. The lowest BCUT2D eigenvalue weighted by Gasteiger charge is -2.25. The van der Waals surface area contributed by atoms with Crippen molar-refractivity contribution in [3.63, 3.8) is 0 Å². The first-order valence-corrected chi connectivity index (χ1v) is 5.55. The SMILES string of the molecule is NC(=O)CC[C@H](N)C(=O)N1CC[C@H](F)[C@@H]1C(=O)O. The number of carbonyl (C=O) groups is 3. The Morgan fingerprint density at radius 1 is 1.44 bits per heavy atom. The summed E-state index contributed by atoms with van der Waals surface area (Å²) in [6.45, 7) is 0.0151. The second-order valence-corrected chi connectivity index (χ2v) is 4.23. The van der Waals surface area contributed by atoms with Crippen LogP contribution in [0, 0.1) is 0 Å². The molecule has 1 rings (SSSR count). The first-order chi connectivity index (χ1) is 8.34. The van der Waals surface area contributed by atoms with Crippen molar-refractivity contribution in [2.45, 2.75) is 37.5 Å². The quantitative estimate of drug-likeness (QED) is 0.561. The van der Waals surface area contributed by atoms with Crippen LogP contribution in [0.25, 0.3) is 0 Å². The van der Waals surface area contributed by atoms with Crippen molar-refractivity contribution in [2.24, 2.45) is 11.5 Å². The van der Waals surface area contributed by atoms with Crippen LogP contribution in [0.1, 0.15) is 19.3 Å². The average molecular weight is 261 g/mol. The van der Waals surface area contributed by atoms with Crippen molar-refractivity contribution in [2.75, 3.05) is 6.54 Å². The Balaban J connectivity index is 2.65. The first kappa shape index (κ1) is 14.4. The lowest BCUT2D eigenvalue weighted by molar-refractivity contribution is -0.150. The molecule has 102 valence electrons. The summed E-state index contributed by atoms with van der Waals surface area (Å²) in [6.07, 6.45) is -1.66. The zero-order valence-corrected chi connectivity index (χ0v) is 9.71. The molecule has 3 atom stereocenters. The molecule has 1 aliphatic rings. The number of hydrogen-bond donors (Lipinski definition) is 3. The van der Waals surface area contributed by atoms with Crippen LogP contribution in [0.4, 0.5) is 4.39 Å². The maximum Gasteiger partial charge on any atom is 0.329 e. The third-order valence-electron chi connectivity index (χ3n) is 2.88. The van der Waals surface area contributed by atoms with Crippen molar-refractivity contribution in [3.05, 3.63) is 0 Å². The maximum absolute atomic E-state index is 13.3. The molecule has 0 spiro atoms. The molecule has 7 nitrogen and oxygen atoms in total. The van der Waals surface area contributed by atoms with Crippen molar-refractivity contribution in [1.82, 2.24) is 4.90 Å². The number of hydrogen-bond acceptors (Lipinski definition) is 4. The van der Waals surface area contributed by atoms with Gasteiger partial charge >= 0.3 is 5.97 Å². The minimum absolute atomic E-state index is 0.0151. The Morgan fingerprint density at radius 2 is 2.06 bits per heavy atom. The van der Waals surface area contributed by atoms with Crippen LogP contribution < -0.4 is 11.5 Å². The molecule has 2 amide bonds. The van der Waals surface area contributed by atoms with E-state index in [1.807, 2.05) is 0 Å². The topological polar surface area (TPSA) is 127 Å². The van der Waals surface area contributed by atoms with E-state index in [2.05, 4.69) is 0 Å². The van der Waals surface area contributed by atoms with E-state index in [9.17, 15) is 18.8 Å². The van der Waals surface area contributed by atoms with Crippen LogP contribution >= 0.6 is 0 Å². The molecule has 0 aliphatic carbocycles. The van der Waals surface area contributed by atoms with Gasteiger partial charge in [0.15, 0.2) is 6.04 Å². The zero-order valence-electron chi connectivity index (χ0n) is 9.71. The Morgan fingerprint density at radius 3 is 2.56 bits per heavy atom. The molecule has 0 saturated carbocycles. The molecule has 18 heavy (non-hydrogen) atoms. The smallest absolute Gasteiger partial charge is 0.329 e. The fourth-order valence-electron chi connectivity index (χ4n) is 1.92. The van der Waals surface area contributed by atoms with E-state index >= 15 is 0 Å². The summed E-state index contributed by atoms with van der Waals surface area (Å²) >= 11 is 0. The van der Waals surface area contributed by atoms with Gasteiger partial charge in [-0.15, -0.1) is 0 Å². The number of carboxylic acid groups (broad SMARTS) is 1. The highest BCUT2D eigenvalue weighted by Crippen LogP contribution is 2.22. The number of aliphatic carboxylic acids is 1. The number of nitrogens with zero attached hydrogens (tertiary/aromatic N) is 1. The van der Waals surface area contributed by atoms with Crippen LogP contribution in [0.3, 0.4) is 0 Å². The van der Waals surface area contributed by atoms with Crippen molar-refractivity contribution in [1.29, 1.82) is 0 Å². The molecular weight excluding hydrogens is 245 g/mol. The van der Waals surface area contributed by atoms with Crippen LogP contribution in [-0.2, 0) is 14.4 Å². The van der Waals surface area contributed by atoms with Gasteiger partial charge in [0.2, 0.25) is 11.8 Å². The number of halogens is 1. The third kappa shape index (κ3) is 3.16. The minimum atomic E-state index is -1.59. The van der Waals surface area contributed by atoms with Crippen LogP contribution in [0.2, 0.25) is 0 Å². The van der Waals surface area contributed by atoms with Gasteiger partial charge in [-0.25, -0.2) is 9.18 Å². The van der Waals surface area contributed by atoms with Crippen molar-refractivity contribution in [3.8, 4) is 0 Å². The van der Waals surface area contributed by atoms with Gasteiger partial charge in [0.25, 0.3) is 0 Å². The number of nitrogens with two attached hydrogens (primary N) is 2. The largest absolute Gasteiger partial charge is 0.480 e. The molecule has 0 aromatic heterocycles. The van der Waals surface area contributed by atoms with E-state index in [0.29, 0.717) is 0 Å². The molecule has 0 aromatic rings. The lowest BCUT2D eigenvalue weighted by atomic mass is 10.1. The summed E-state index contributed by atoms with van der Waals surface area (Å²) in [5, 5.41) is 8.85. The number of rotatable bonds is 5. The molecule has 0 bridgehead atoms. The Bertz CT molecular complexity index is 363. The molecule has 1 saturated heterocycles. The highest BCUT2D eigenvalue weighted by Gasteiger charge is 2.43. The Hall–Kier alpha value is -1.70. The average Bonchev–Trinajstić information content (AvgIpc) is 2.66.